The summed E-state index contributed by atoms with van der Waals surface area (Å²) >= 11 is 5.44. The fourth-order valence-corrected chi connectivity index (χ4v) is 1.40. The molecular formula is C8H14ClNO2. The Morgan fingerprint density at radius 2 is 2.50 bits per heavy atom. The number of alkyl halides is 1. The van der Waals surface area contributed by atoms with Gasteiger partial charge in [-0.2, -0.15) is 0 Å². The number of rotatable bonds is 3. The lowest BCUT2D eigenvalue weighted by Crippen LogP contribution is -2.44. The third kappa shape index (κ3) is 2.11. The van der Waals surface area contributed by atoms with Crippen LogP contribution in [0.4, 0.5) is 0 Å². The molecular weight excluding hydrogens is 178 g/mol. The highest BCUT2D eigenvalue weighted by molar-refractivity contribution is 6.18. The predicted molar refractivity (Wildman–Crippen MR) is 47.3 cm³/mol. The van der Waals surface area contributed by atoms with Gasteiger partial charge >= 0.3 is 0 Å². The molecule has 1 amide bonds. The summed E-state index contributed by atoms with van der Waals surface area (Å²) in [7, 11) is 0. The Morgan fingerprint density at radius 3 is 3.00 bits per heavy atom. The van der Waals surface area contributed by atoms with Crippen LogP contribution in [0, 0.1) is 0 Å². The van der Waals surface area contributed by atoms with Crippen LogP contribution in [0.5, 0.6) is 0 Å². The predicted octanol–water partition coefficient (Wildman–Crippen LogP) is 0.910. The normalized spacial score (nSPS) is 28.8. The minimum absolute atomic E-state index is 0.0411. The summed E-state index contributed by atoms with van der Waals surface area (Å²) in [6, 6.07) is 0. The standard InChI is InChI=1S/C8H14ClNO2/c1-8(3-2-6-12-8)7(11)10-5-4-9/h2-6H2,1H3,(H,10,11). The topological polar surface area (TPSA) is 38.3 Å². The van der Waals surface area contributed by atoms with Crippen LogP contribution >= 0.6 is 11.6 Å². The minimum Gasteiger partial charge on any atom is -0.365 e. The van der Waals surface area contributed by atoms with Crippen molar-refractivity contribution in [3.05, 3.63) is 0 Å². The molecule has 0 aliphatic carbocycles. The van der Waals surface area contributed by atoms with Gasteiger partial charge in [-0.3, -0.25) is 4.79 Å². The van der Waals surface area contributed by atoms with Crippen LogP contribution in [0.2, 0.25) is 0 Å². The number of carbonyl (C=O) groups excluding carboxylic acids is 1. The van der Waals surface area contributed by atoms with Crippen LogP contribution in [-0.2, 0) is 9.53 Å². The Hall–Kier alpha value is -0.280. The van der Waals surface area contributed by atoms with E-state index in [1.54, 1.807) is 0 Å². The van der Waals surface area contributed by atoms with E-state index in [9.17, 15) is 4.79 Å². The molecule has 1 heterocycles. The second-order valence-electron chi connectivity index (χ2n) is 3.13. The van der Waals surface area contributed by atoms with Gasteiger partial charge in [-0.15, -0.1) is 11.6 Å². The zero-order valence-electron chi connectivity index (χ0n) is 7.23. The third-order valence-corrected chi connectivity index (χ3v) is 2.27. The molecule has 0 aromatic carbocycles. The zero-order chi connectivity index (χ0) is 9.03. The van der Waals surface area contributed by atoms with E-state index in [0.29, 0.717) is 19.0 Å². The minimum atomic E-state index is -0.605. The molecule has 1 fully saturated rings. The van der Waals surface area contributed by atoms with Gasteiger partial charge in [0.1, 0.15) is 5.60 Å². The van der Waals surface area contributed by atoms with Crippen molar-refractivity contribution in [2.24, 2.45) is 0 Å². The number of halogens is 1. The molecule has 1 N–H and O–H groups in total. The van der Waals surface area contributed by atoms with E-state index < -0.39 is 5.60 Å². The van der Waals surface area contributed by atoms with Crippen molar-refractivity contribution < 1.29 is 9.53 Å². The number of hydrogen-bond acceptors (Lipinski definition) is 2. The second kappa shape index (κ2) is 4.10. The highest BCUT2D eigenvalue weighted by Crippen LogP contribution is 2.24. The summed E-state index contributed by atoms with van der Waals surface area (Å²) in [5, 5.41) is 2.72. The Bertz CT molecular complexity index is 166. The lowest BCUT2D eigenvalue weighted by atomic mass is 10.0. The van der Waals surface area contributed by atoms with E-state index in [-0.39, 0.29) is 5.91 Å². The van der Waals surface area contributed by atoms with Gasteiger partial charge in [0.25, 0.3) is 5.91 Å². The van der Waals surface area contributed by atoms with Crippen molar-refractivity contribution in [3.8, 4) is 0 Å². The highest BCUT2D eigenvalue weighted by atomic mass is 35.5. The fraction of sp³-hybridized carbons (Fsp3) is 0.875. The van der Waals surface area contributed by atoms with Crippen molar-refractivity contribution in [2.45, 2.75) is 25.4 Å². The Morgan fingerprint density at radius 1 is 1.75 bits per heavy atom. The van der Waals surface area contributed by atoms with Gasteiger partial charge in [0.05, 0.1) is 0 Å². The SMILES string of the molecule is CC1(C(=O)NCCCl)CCCO1. The largest absolute Gasteiger partial charge is 0.365 e. The van der Waals surface area contributed by atoms with E-state index in [1.807, 2.05) is 6.92 Å². The zero-order valence-corrected chi connectivity index (χ0v) is 7.99. The molecule has 1 unspecified atom stereocenters. The van der Waals surface area contributed by atoms with Crippen molar-refractivity contribution in [2.75, 3.05) is 19.0 Å². The highest BCUT2D eigenvalue weighted by Gasteiger charge is 2.37. The van der Waals surface area contributed by atoms with Gasteiger partial charge in [-0.1, -0.05) is 0 Å². The fourth-order valence-electron chi connectivity index (χ4n) is 1.31. The third-order valence-electron chi connectivity index (χ3n) is 2.08. The Balaban J connectivity index is 2.39. The van der Waals surface area contributed by atoms with E-state index in [2.05, 4.69) is 5.32 Å². The van der Waals surface area contributed by atoms with Crippen LogP contribution in [-0.4, -0.2) is 30.5 Å². The first kappa shape index (κ1) is 9.81. The van der Waals surface area contributed by atoms with E-state index in [0.717, 1.165) is 12.8 Å². The quantitative estimate of drug-likeness (QED) is 0.674. The van der Waals surface area contributed by atoms with Crippen LogP contribution in [0.1, 0.15) is 19.8 Å². The summed E-state index contributed by atoms with van der Waals surface area (Å²) in [5.74, 6) is 0.405. The molecule has 0 spiro atoms. The summed E-state index contributed by atoms with van der Waals surface area (Å²) in [6.45, 7) is 3.02. The maximum absolute atomic E-state index is 11.4. The number of carbonyl (C=O) groups is 1. The monoisotopic (exact) mass is 191 g/mol. The van der Waals surface area contributed by atoms with Gasteiger partial charge in [0.15, 0.2) is 0 Å². The van der Waals surface area contributed by atoms with Gasteiger partial charge in [-0.25, -0.2) is 0 Å². The molecule has 1 rings (SSSR count). The van der Waals surface area contributed by atoms with Crippen molar-refractivity contribution in [1.29, 1.82) is 0 Å². The lowest BCUT2D eigenvalue weighted by molar-refractivity contribution is -0.139. The summed E-state index contributed by atoms with van der Waals surface area (Å²) in [4.78, 5) is 11.4. The number of hydrogen-bond donors (Lipinski definition) is 1. The first-order valence-electron chi connectivity index (χ1n) is 4.17. The van der Waals surface area contributed by atoms with Crippen molar-refractivity contribution in [3.63, 3.8) is 0 Å². The summed E-state index contributed by atoms with van der Waals surface area (Å²) in [6.07, 6.45) is 1.77. The Labute approximate surface area is 77.4 Å². The molecule has 0 aromatic heterocycles. The molecule has 12 heavy (non-hydrogen) atoms. The number of nitrogens with one attached hydrogen (secondary N) is 1. The number of amides is 1. The Kier molecular flexibility index (Phi) is 3.35. The average Bonchev–Trinajstić information content (AvgIpc) is 2.49. The molecule has 1 aliphatic heterocycles. The molecule has 1 atom stereocenters. The average molecular weight is 192 g/mol. The van der Waals surface area contributed by atoms with E-state index in [1.165, 1.54) is 0 Å². The molecule has 3 nitrogen and oxygen atoms in total. The van der Waals surface area contributed by atoms with E-state index in [4.69, 9.17) is 16.3 Å². The first-order chi connectivity index (χ1) is 5.69. The lowest BCUT2D eigenvalue weighted by Gasteiger charge is -2.21. The van der Waals surface area contributed by atoms with Crippen LogP contribution in [0.25, 0.3) is 0 Å². The maximum atomic E-state index is 11.4. The van der Waals surface area contributed by atoms with E-state index >= 15 is 0 Å². The van der Waals surface area contributed by atoms with Crippen LogP contribution in [0.3, 0.4) is 0 Å². The smallest absolute Gasteiger partial charge is 0.252 e. The molecule has 1 saturated heterocycles. The van der Waals surface area contributed by atoms with Crippen LogP contribution < -0.4 is 5.32 Å². The maximum Gasteiger partial charge on any atom is 0.252 e. The molecule has 0 saturated carbocycles. The summed E-state index contributed by atoms with van der Waals surface area (Å²) in [5.41, 5.74) is -0.605. The molecule has 70 valence electrons. The molecule has 0 aromatic rings. The van der Waals surface area contributed by atoms with Crippen molar-refractivity contribution in [1.82, 2.24) is 5.32 Å². The van der Waals surface area contributed by atoms with Gasteiger partial charge in [0.2, 0.25) is 0 Å². The summed E-state index contributed by atoms with van der Waals surface area (Å²) < 4.78 is 5.34. The number of ether oxygens (including phenoxy) is 1. The van der Waals surface area contributed by atoms with Crippen LogP contribution in [0.15, 0.2) is 0 Å². The molecule has 0 radical (unpaired) electrons. The first-order valence-corrected chi connectivity index (χ1v) is 4.71. The van der Waals surface area contributed by atoms with Gasteiger partial charge < -0.3 is 10.1 Å². The van der Waals surface area contributed by atoms with Gasteiger partial charge in [-0.05, 0) is 19.8 Å². The molecule has 0 bridgehead atoms. The molecule has 4 heteroatoms. The second-order valence-corrected chi connectivity index (χ2v) is 3.51. The van der Waals surface area contributed by atoms with Crippen molar-refractivity contribution >= 4 is 17.5 Å². The molecule has 1 aliphatic rings. The van der Waals surface area contributed by atoms with Gasteiger partial charge in [0, 0.05) is 19.0 Å².